The average Bonchev–Trinajstić information content (AvgIpc) is 3.13. The van der Waals surface area contributed by atoms with Gasteiger partial charge in [-0.3, -0.25) is 9.59 Å². The van der Waals surface area contributed by atoms with E-state index in [-0.39, 0.29) is 17.7 Å². The Balaban J connectivity index is 1.82. The Kier molecular flexibility index (Phi) is 4.02. The standard InChI is InChI=1S/C13H22N2O2/c14-12(16)11(8-9-6-7-9)15-13(17)10-4-2-1-3-5-10/h9-11H,1-8H2,(H2,14,16)(H,15,17)/t11-/m0/s1. The van der Waals surface area contributed by atoms with Crippen LogP contribution in [0.15, 0.2) is 0 Å². The molecular formula is C13H22N2O2. The van der Waals surface area contributed by atoms with E-state index < -0.39 is 6.04 Å². The lowest BCUT2D eigenvalue weighted by atomic mass is 9.88. The molecule has 3 N–H and O–H groups in total. The van der Waals surface area contributed by atoms with Gasteiger partial charge in [0.15, 0.2) is 0 Å². The van der Waals surface area contributed by atoms with Crippen molar-refractivity contribution < 1.29 is 9.59 Å². The summed E-state index contributed by atoms with van der Waals surface area (Å²) in [5.74, 6) is 0.346. The summed E-state index contributed by atoms with van der Waals surface area (Å²) in [6.45, 7) is 0. The topological polar surface area (TPSA) is 72.2 Å². The zero-order chi connectivity index (χ0) is 12.3. The molecule has 17 heavy (non-hydrogen) atoms. The number of carbonyl (C=O) groups is 2. The van der Waals surface area contributed by atoms with Gasteiger partial charge in [-0.1, -0.05) is 32.1 Å². The molecule has 1 atom stereocenters. The molecule has 0 aromatic carbocycles. The molecule has 0 bridgehead atoms. The largest absolute Gasteiger partial charge is 0.368 e. The molecule has 2 saturated carbocycles. The van der Waals surface area contributed by atoms with Crippen molar-refractivity contribution in [2.75, 3.05) is 0 Å². The fraction of sp³-hybridized carbons (Fsp3) is 0.846. The van der Waals surface area contributed by atoms with E-state index in [4.69, 9.17) is 5.73 Å². The third-order valence-electron chi connectivity index (χ3n) is 3.90. The van der Waals surface area contributed by atoms with Gasteiger partial charge < -0.3 is 11.1 Å². The quantitative estimate of drug-likeness (QED) is 0.758. The van der Waals surface area contributed by atoms with E-state index in [1.807, 2.05) is 0 Å². The third kappa shape index (κ3) is 3.72. The van der Waals surface area contributed by atoms with Gasteiger partial charge in [-0.05, 0) is 25.2 Å². The molecule has 0 saturated heterocycles. The van der Waals surface area contributed by atoms with Gasteiger partial charge in [-0.2, -0.15) is 0 Å². The molecule has 96 valence electrons. The molecule has 0 heterocycles. The van der Waals surface area contributed by atoms with Crippen LogP contribution in [0.25, 0.3) is 0 Å². The van der Waals surface area contributed by atoms with Gasteiger partial charge in [0.2, 0.25) is 11.8 Å². The Hall–Kier alpha value is -1.06. The summed E-state index contributed by atoms with van der Waals surface area (Å²) < 4.78 is 0. The number of amides is 2. The Bertz CT molecular complexity index is 294. The number of hydrogen-bond donors (Lipinski definition) is 2. The van der Waals surface area contributed by atoms with Crippen molar-refractivity contribution in [1.29, 1.82) is 0 Å². The van der Waals surface area contributed by atoms with Crippen LogP contribution in [0.2, 0.25) is 0 Å². The Labute approximate surface area is 102 Å². The minimum atomic E-state index is -0.447. The van der Waals surface area contributed by atoms with Crippen LogP contribution in [-0.2, 0) is 9.59 Å². The van der Waals surface area contributed by atoms with Crippen molar-refractivity contribution in [2.24, 2.45) is 17.6 Å². The van der Waals surface area contributed by atoms with Crippen LogP contribution in [0.1, 0.15) is 51.4 Å². The van der Waals surface area contributed by atoms with Gasteiger partial charge in [0.1, 0.15) is 6.04 Å². The van der Waals surface area contributed by atoms with E-state index in [1.165, 1.54) is 19.3 Å². The molecule has 0 aromatic heterocycles. The highest BCUT2D eigenvalue weighted by molar-refractivity contribution is 5.87. The maximum Gasteiger partial charge on any atom is 0.240 e. The third-order valence-corrected chi connectivity index (χ3v) is 3.90. The molecule has 0 unspecified atom stereocenters. The van der Waals surface area contributed by atoms with Gasteiger partial charge in [-0.15, -0.1) is 0 Å². The lowest BCUT2D eigenvalue weighted by Gasteiger charge is -2.23. The van der Waals surface area contributed by atoms with Crippen molar-refractivity contribution in [3.05, 3.63) is 0 Å². The van der Waals surface area contributed by atoms with Crippen LogP contribution in [0.4, 0.5) is 0 Å². The van der Waals surface area contributed by atoms with Gasteiger partial charge in [0, 0.05) is 5.92 Å². The zero-order valence-corrected chi connectivity index (χ0v) is 10.3. The predicted molar refractivity (Wildman–Crippen MR) is 65.0 cm³/mol. The lowest BCUT2D eigenvalue weighted by Crippen LogP contribution is -2.47. The molecule has 2 amide bonds. The summed E-state index contributed by atoms with van der Waals surface area (Å²) in [5.41, 5.74) is 5.34. The Morgan fingerprint density at radius 1 is 1.12 bits per heavy atom. The lowest BCUT2D eigenvalue weighted by molar-refractivity contribution is -0.130. The fourth-order valence-electron chi connectivity index (χ4n) is 2.59. The molecular weight excluding hydrogens is 216 g/mol. The molecule has 4 nitrogen and oxygen atoms in total. The van der Waals surface area contributed by atoms with Gasteiger partial charge in [0.05, 0.1) is 0 Å². The highest BCUT2D eigenvalue weighted by atomic mass is 16.2. The second-order valence-corrected chi connectivity index (χ2v) is 5.48. The normalized spacial score (nSPS) is 23.1. The Morgan fingerprint density at radius 3 is 2.29 bits per heavy atom. The maximum absolute atomic E-state index is 12.0. The number of primary amides is 1. The van der Waals surface area contributed by atoms with Crippen molar-refractivity contribution in [3.63, 3.8) is 0 Å². The highest BCUT2D eigenvalue weighted by Crippen LogP contribution is 2.33. The summed E-state index contributed by atoms with van der Waals surface area (Å²) in [7, 11) is 0. The van der Waals surface area contributed by atoms with Crippen LogP contribution in [0.5, 0.6) is 0 Å². The van der Waals surface area contributed by atoms with E-state index >= 15 is 0 Å². The first kappa shape index (κ1) is 12.4. The van der Waals surface area contributed by atoms with E-state index in [1.54, 1.807) is 0 Å². The highest BCUT2D eigenvalue weighted by Gasteiger charge is 2.31. The average molecular weight is 238 g/mol. The number of hydrogen-bond acceptors (Lipinski definition) is 2. The summed E-state index contributed by atoms with van der Waals surface area (Å²) in [4.78, 5) is 23.3. The second-order valence-electron chi connectivity index (χ2n) is 5.48. The van der Waals surface area contributed by atoms with Crippen LogP contribution in [0, 0.1) is 11.8 Å². The monoisotopic (exact) mass is 238 g/mol. The molecule has 2 rings (SSSR count). The van der Waals surface area contributed by atoms with E-state index in [2.05, 4.69) is 5.32 Å². The van der Waals surface area contributed by atoms with Crippen molar-refractivity contribution in [3.8, 4) is 0 Å². The van der Waals surface area contributed by atoms with Crippen LogP contribution < -0.4 is 11.1 Å². The van der Waals surface area contributed by atoms with Crippen LogP contribution >= 0.6 is 0 Å². The molecule has 2 aliphatic rings. The van der Waals surface area contributed by atoms with Gasteiger partial charge in [-0.25, -0.2) is 0 Å². The minimum absolute atomic E-state index is 0.0363. The predicted octanol–water partition coefficient (Wildman–Crippen LogP) is 1.34. The molecule has 0 spiro atoms. The van der Waals surface area contributed by atoms with E-state index in [0.717, 1.165) is 32.1 Å². The first-order chi connectivity index (χ1) is 8.16. The van der Waals surface area contributed by atoms with Crippen molar-refractivity contribution >= 4 is 11.8 Å². The summed E-state index contributed by atoms with van der Waals surface area (Å²) >= 11 is 0. The summed E-state index contributed by atoms with van der Waals surface area (Å²) in [6.07, 6.45) is 8.47. The summed E-state index contributed by atoms with van der Waals surface area (Å²) in [6, 6.07) is -0.447. The molecule has 4 heteroatoms. The molecule has 2 aliphatic carbocycles. The minimum Gasteiger partial charge on any atom is -0.368 e. The zero-order valence-electron chi connectivity index (χ0n) is 10.3. The number of rotatable bonds is 5. The smallest absolute Gasteiger partial charge is 0.240 e. The first-order valence-corrected chi connectivity index (χ1v) is 6.76. The summed E-state index contributed by atoms with van der Waals surface area (Å²) in [5, 5.41) is 2.84. The SMILES string of the molecule is NC(=O)[C@H](CC1CC1)NC(=O)C1CCCCC1. The van der Waals surface area contributed by atoms with Crippen molar-refractivity contribution in [2.45, 2.75) is 57.4 Å². The molecule has 0 radical (unpaired) electrons. The number of carbonyl (C=O) groups excluding carboxylic acids is 2. The second kappa shape index (κ2) is 5.52. The fourth-order valence-corrected chi connectivity index (χ4v) is 2.59. The Morgan fingerprint density at radius 2 is 1.76 bits per heavy atom. The molecule has 2 fully saturated rings. The van der Waals surface area contributed by atoms with Crippen molar-refractivity contribution in [1.82, 2.24) is 5.32 Å². The first-order valence-electron chi connectivity index (χ1n) is 6.76. The van der Waals surface area contributed by atoms with E-state index in [0.29, 0.717) is 5.92 Å². The molecule has 0 aliphatic heterocycles. The van der Waals surface area contributed by atoms with Crippen LogP contribution in [0.3, 0.4) is 0 Å². The number of nitrogens with one attached hydrogen (secondary N) is 1. The molecule has 0 aromatic rings. The van der Waals surface area contributed by atoms with Gasteiger partial charge >= 0.3 is 0 Å². The van der Waals surface area contributed by atoms with E-state index in [9.17, 15) is 9.59 Å². The maximum atomic E-state index is 12.0. The van der Waals surface area contributed by atoms with Gasteiger partial charge in [0.25, 0.3) is 0 Å². The number of nitrogens with two attached hydrogens (primary N) is 1. The van der Waals surface area contributed by atoms with Crippen LogP contribution in [-0.4, -0.2) is 17.9 Å².